The van der Waals surface area contributed by atoms with Crippen molar-refractivity contribution in [1.82, 2.24) is 13.9 Å². The smallest absolute Gasteiger partial charge is 0.324 e. The van der Waals surface area contributed by atoms with E-state index in [4.69, 9.17) is 4.74 Å². The van der Waals surface area contributed by atoms with Gasteiger partial charge in [0.25, 0.3) is 0 Å². The Morgan fingerprint density at radius 3 is 2.50 bits per heavy atom. The molecule has 7 nitrogen and oxygen atoms in total. The molecule has 3 aromatic rings. The van der Waals surface area contributed by atoms with Gasteiger partial charge in [-0.15, -0.1) is 0 Å². The van der Waals surface area contributed by atoms with Gasteiger partial charge in [0.15, 0.2) is 0 Å². The molecule has 0 bridgehead atoms. The Balaban J connectivity index is 1.73. The molecular weight excluding hydrogens is 402 g/mol. The summed E-state index contributed by atoms with van der Waals surface area (Å²) in [7, 11) is -2.64. The fourth-order valence-corrected chi connectivity index (χ4v) is 5.23. The van der Waals surface area contributed by atoms with Crippen LogP contribution in [0.2, 0.25) is 0 Å². The topological polar surface area (TPSA) is 81.5 Å². The highest BCUT2D eigenvalue weighted by atomic mass is 32.2. The van der Waals surface area contributed by atoms with E-state index in [0.717, 1.165) is 22.5 Å². The third-order valence-corrected chi connectivity index (χ3v) is 7.24. The van der Waals surface area contributed by atoms with Crippen LogP contribution in [-0.4, -0.2) is 41.4 Å². The largest absolute Gasteiger partial charge is 0.468 e. The van der Waals surface area contributed by atoms with E-state index in [2.05, 4.69) is 4.98 Å². The molecule has 1 aliphatic rings. The quantitative estimate of drug-likeness (QED) is 0.587. The maximum absolute atomic E-state index is 13.4. The van der Waals surface area contributed by atoms with E-state index in [0.29, 0.717) is 6.54 Å². The van der Waals surface area contributed by atoms with E-state index >= 15 is 0 Å². The molecular formula is C22H23N3O4S. The number of hydrogen-bond donors (Lipinski definition) is 0. The van der Waals surface area contributed by atoms with Gasteiger partial charge in [0.1, 0.15) is 6.04 Å². The minimum Gasteiger partial charge on any atom is -0.468 e. The van der Waals surface area contributed by atoms with Gasteiger partial charge < -0.3 is 9.30 Å². The minimum absolute atomic E-state index is 0.0537. The number of sulfonamides is 1. The summed E-state index contributed by atoms with van der Waals surface area (Å²) in [6, 6.07) is 15.6. The maximum Gasteiger partial charge on any atom is 0.324 e. The number of ether oxygens (including phenoxy) is 1. The molecule has 1 atom stereocenters. The first-order chi connectivity index (χ1) is 14.4. The number of imidazole rings is 1. The number of carbonyl (C=O) groups is 1. The normalized spacial score (nSPS) is 16.8. The molecule has 0 saturated heterocycles. The lowest BCUT2D eigenvalue weighted by atomic mass is 10.1. The first kappa shape index (κ1) is 20.3. The average molecular weight is 426 g/mol. The number of nitrogens with zero attached hydrogens (tertiary/aromatic N) is 3. The molecule has 0 saturated carbocycles. The van der Waals surface area contributed by atoms with Crippen LogP contribution in [0, 0.1) is 6.92 Å². The molecule has 0 amide bonds. The number of fused-ring (bicyclic) bond motifs is 1. The molecule has 2 heterocycles. The maximum atomic E-state index is 13.4. The number of benzene rings is 2. The minimum atomic E-state index is -3.90. The van der Waals surface area contributed by atoms with Crippen molar-refractivity contribution >= 4 is 16.0 Å². The molecule has 0 spiro atoms. The predicted molar refractivity (Wildman–Crippen MR) is 111 cm³/mol. The van der Waals surface area contributed by atoms with Crippen molar-refractivity contribution < 1.29 is 17.9 Å². The molecule has 0 N–H and O–H groups in total. The molecule has 0 aliphatic carbocycles. The van der Waals surface area contributed by atoms with E-state index in [-0.39, 0.29) is 17.9 Å². The lowest BCUT2D eigenvalue weighted by molar-refractivity contribution is -0.145. The number of hydrogen-bond acceptors (Lipinski definition) is 5. The standard InChI is InChI=1S/C22H23N3O4S/c1-16-8-10-18(11-9-16)30(27,28)25-14-21-19(12-20(25)22(26)29-2)23-15-24(21)13-17-6-4-3-5-7-17/h3-11,15,20H,12-14H2,1-2H3. The summed E-state index contributed by atoms with van der Waals surface area (Å²) in [5.74, 6) is -0.589. The van der Waals surface area contributed by atoms with Crippen molar-refractivity contribution in [2.75, 3.05) is 7.11 Å². The third-order valence-electron chi connectivity index (χ3n) is 5.37. The highest BCUT2D eigenvalue weighted by Gasteiger charge is 2.42. The van der Waals surface area contributed by atoms with Crippen LogP contribution in [0.15, 0.2) is 65.8 Å². The number of methoxy groups -OCH3 is 1. The highest BCUT2D eigenvalue weighted by Crippen LogP contribution is 2.29. The van der Waals surface area contributed by atoms with Crippen LogP contribution in [0.5, 0.6) is 0 Å². The zero-order chi connectivity index (χ0) is 21.3. The van der Waals surface area contributed by atoms with Crippen LogP contribution >= 0.6 is 0 Å². The van der Waals surface area contributed by atoms with Crippen LogP contribution in [0.1, 0.15) is 22.5 Å². The second-order valence-corrected chi connectivity index (χ2v) is 9.25. The van der Waals surface area contributed by atoms with Gasteiger partial charge in [-0.2, -0.15) is 4.31 Å². The van der Waals surface area contributed by atoms with Crippen molar-refractivity contribution in [3.8, 4) is 0 Å². The molecule has 2 aromatic carbocycles. The van der Waals surface area contributed by atoms with E-state index in [1.165, 1.54) is 11.4 Å². The molecule has 30 heavy (non-hydrogen) atoms. The summed E-state index contributed by atoms with van der Waals surface area (Å²) in [6.45, 7) is 2.52. The van der Waals surface area contributed by atoms with Gasteiger partial charge in [-0.3, -0.25) is 4.79 Å². The number of carbonyl (C=O) groups excluding carboxylic acids is 1. The number of esters is 1. The first-order valence-corrected chi connectivity index (χ1v) is 11.1. The molecule has 1 aromatic heterocycles. The predicted octanol–water partition coefficient (Wildman–Crippen LogP) is 2.53. The fraction of sp³-hybridized carbons (Fsp3) is 0.273. The van der Waals surface area contributed by atoms with Crippen molar-refractivity contribution in [2.24, 2.45) is 0 Å². The van der Waals surface area contributed by atoms with Gasteiger partial charge >= 0.3 is 5.97 Å². The molecule has 4 rings (SSSR count). The lowest BCUT2D eigenvalue weighted by Crippen LogP contribution is -2.49. The number of rotatable bonds is 5. The summed E-state index contributed by atoms with van der Waals surface area (Å²) in [5.41, 5.74) is 3.55. The Hall–Kier alpha value is -2.97. The van der Waals surface area contributed by atoms with Crippen molar-refractivity contribution in [1.29, 1.82) is 0 Å². The molecule has 1 unspecified atom stereocenters. The monoisotopic (exact) mass is 425 g/mol. The van der Waals surface area contributed by atoms with Crippen LogP contribution in [0.25, 0.3) is 0 Å². The van der Waals surface area contributed by atoms with E-state index < -0.39 is 22.0 Å². The van der Waals surface area contributed by atoms with Gasteiger partial charge in [-0.25, -0.2) is 13.4 Å². The van der Waals surface area contributed by atoms with Crippen molar-refractivity contribution in [3.05, 3.63) is 83.4 Å². The summed E-state index contributed by atoms with van der Waals surface area (Å²) in [6.07, 6.45) is 1.88. The van der Waals surface area contributed by atoms with Gasteiger partial charge in [0.2, 0.25) is 10.0 Å². The second-order valence-electron chi connectivity index (χ2n) is 7.36. The van der Waals surface area contributed by atoms with Gasteiger partial charge in [0.05, 0.1) is 36.3 Å². The Morgan fingerprint density at radius 1 is 1.13 bits per heavy atom. The summed E-state index contributed by atoms with van der Waals surface area (Å²) in [4.78, 5) is 17.1. The van der Waals surface area contributed by atoms with Crippen LogP contribution in [-0.2, 0) is 39.1 Å². The summed E-state index contributed by atoms with van der Waals surface area (Å²) in [5, 5.41) is 0. The molecule has 0 fully saturated rings. The Bertz CT molecular complexity index is 1150. The fourth-order valence-electron chi connectivity index (χ4n) is 3.70. The lowest BCUT2D eigenvalue weighted by Gasteiger charge is -2.33. The number of aromatic nitrogens is 2. The molecule has 8 heteroatoms. The molecule has 156 valence electrons. The van der Waals surface area contributed by atoms with E-state index in [1.54, 1.807) is 30.6 Å². The zero-order valence-corrected chi connectivity index (χ0v) is 17.7. The number of aryl methyl sites for hydroxylation is 1. The van der Waals surface area contributed by atoms with Gasteiger partial charge in [-0.1, -0.05) is 48.0 Å². The first-order valence-electron chi connectivity index (χ1n) is 9.63. The Labute approximate surface area is 176 Å². The summed E-state index contributed by atoms with van der Waals surface area (Å²) >= 11 is 0. The average Bonchev–Trinajstić information content (AvgIpc) is 3.15. The van der Waals surface area contributed by atoms with Crippen molar-refractivity contribution in [2.45, 2.75) is 37.4 Å². The summed E-state index contributed by atoms with van der Waals surface area (Å²) < 4.78 is 34.9. The Kier molecular flexibility index (Phi) is 5.44. The zero-order valence-electron chi connectivity index (χ0n) is 16.9. The Morgan fingerprint density at radius 2 is 1.83 bits per heavy atom. The van der Waals surface area contributed by atoms with Gasteiger partial charge in [-0.05, 0) is 24.6 Å². The third kappa shape index (κ3) is 3.76. The molecule has 1 aliphatic heterocycles. The van der Waals surface area contributed by atoms with Crippen LogP contribution in [0.4, 0.5) is 0 Å². The van der Waals surface area contributed by atoms with Crippen LogP contribution in [0.3, 0.4) is 0 Å². The highest BCUT2D eigenvalue weighted by molar-refractivity contribution is 7.89. The van der Waals surface area contributed by atoms with Gasteiger partial charge in [0, 0.05) is 13.0 Å². The van der Waals surface area contributed by atoms with E-state index in [9.17, 15) is 13.2 Å². The molecule has 0 radical (unpaired) electrons. The second kappa shape index (κ2) is 8.04. The van der Waals surface area contributed by atoms with Crippen molar-refractivity contribution in [3.63, 3.8) is 0 Å². The van der Waals surface area contributed by atoms with Crippen LogP contribution < -0.4 is 0 Å². The SMILES string of the molecule is COC(=O)C1Cc2ncn(Cc3ccccc3)c2CN1S(=O)(=O)c1ccc(C)cc1. The van der Waals surface area contributed by atoms with E-state index in [1.807, 2.05) is 41.8 Å².